The molecule has 2 bridgehead atoms. The Labute approximate surface area is 72.3 Å². The van der Waals surface area contributed by atoms with Crippen molar-refractivity contribution in [2.75, 3.05) is 13.2 Å². The summed E-state index contributed by atoms with van der Waals surface area (Å²) in [5, 5.41) is 0. The molecule has 0 aromatic heterocycles. The average molecular weight is 169 g/mol. The van der Waals surface area contributed by atoms with Gasteiger partial charge in [0.1, 0.15) is 0 Å². The lowest BCUT2D eigenvalue weighted by atomic mass is 9.68. The number of fused-ring (bicyclic) bond motifs is 2. The first-order valence-corrected chi connectivity index (χ1v) is 4.61. The van der Waals surface area contributed by atoms with Crippen LogP contribution in [0.2, 0.25) is 0 Å². The number of hydrogen-bond donors (Lipinski definition) is 1. The van der Waals surface area contributed by atoms with E-state index < -0.39 is 0 Å². The van der Waals surface area contributed by atoms with Gasteiger partial charge in [-0.1, -0.05) is 6.42 Å². The van der Waals surface area contributed by atoms with Gasteiger partial charge in [0, 0.05) is 6.61 Å². The molecule has 1 heterocycles. The molecule has 2 fully saturated rings. The van der Waals surface area contributed by atoms with E-state index in [1.165, 1.54) is 6.42 Å². The molecule has 0 spiro atoms. The maximum absolute atomic E-state index is 11.2. The number of ether oxygens (including phenoxy) is 1. The molecule has 12 heavy (non-hydrogen) atoms. The van der Waals surface area contributed by atoms with Gasteiger partial charge in [-0.25, -0.2) is 0 Å². The molecular weight excluding hydrogens is 154 g/mol. The number of primary amides is 1. The molecule has 3 nitrogen and oxygen atoms in total. The van der Waals surface area contributed by atoms with Crippen LogP contribution in [0.15, 0.2) is 0 Å². The lowest BCUT2D eigenvalue weighted by Crippen LogP contribution is -2.48. The highest BCUT2D eigenvalue weighted by atomic mass is 16.5. The largest absolute Gasteiger partial charge is 0.380 e. The van der Waals surface area contributed by atoms with Crippen molar-refractivity contribution in [3.63, 3.8) is 0 Å². The van der Waals surface area contributed by atoms with Gasteiger partial charge >= 0.3 is 0 Å². The van der Waals surface area contributed by atoms with Gasteiger partial charge in [-0.05, 0) is 25.2 Å². The van der Waals surface area contributed by atoms with Gasteiger partial charge in [-0.2, -0.15) is 0 Å². The third-order valence-electron chi connectivity index (χ3n) is 3.20. The number of carbonyl (C=O) groups excluding carboxylic acids is 1. The fraction of sp³-hybridized carbons (Fsp3) is 0.889. The van der Waals surface area contributed by atoms with Gasteiger partial charge in [-0.3, -0.25) is 4.79 Å². The van der Waals surface area contributed by atoms with Gasteiger partial charge < -0.3 is 10.5 Å². The average Bonchev–Trinajstić information content (AvgIpc) is 2.04. The van der Waals surface area contributed by atoms with Crippen molar-refractivity contribution in [2.24, 2.45) is 17.1 Å². The maximum atomic E-state index is 11.2. The minimum atomic E-state index is -0.304. The van der Waals surface area contributed by atoms with Gasteiger partial charge in [0.05, 0.1) is 12.0 Å². The third-order valence-corrected chi connectivity index (χ3v) is 3.20. The van der Waals surface area contributed by atoms with Crippen LogP contribution in [0, 0.1) is 11.3 Å². The predicted octanol–water partition coefficient (Wildman–Crippen LogP) is 0.678. The Morgan fingerprint density at radius 3 is 3.08 bits per heavy atom. The Balaban J connectivity index is 2.17. The van der Waals surface area contributed by atoms with Gasteiger partial charge in [-0.15, -0.1) is 0 Å². The van der Waals surface area contributed by atoms with Crippen LogP contribution in [0.1, 0.15) is 25.7 Å². The first-order chi connectivity index (χ1) is 5.73. The number of nitrogens with two attached hydrogens (primary N) is 1. The maximum Gasteiger partial charge on any atom is 0.225 e. The summed E-state index contributed by atoms with van der Waals surface area (Å²) < 4.78 is 5.40. The van der Waals surface area contributed by atoms with E-state index in [9.17, 15) is 4.79 Å². The topological polar surface area (TPSA) is 52.3 Å². The smallest absolute Gasteiger partial charge is 0.225 e. The molecule has 0 aromatic carbocycles. The second-order valence-electron chi connectivity index (χ2n) is 4.12. The first kappa shape index (κ1) is 8.05. The molecule has 68 valence electrons. The van der Waals surface area contributed by atoms with Crippen molar-refractivity contribution in [3.8, 4) is 0 Å². The van der Waals surface area contributed by atoms with Crippen LogP contribution in [0.5, 0.6) is 0 Å². The van der Waals surface area contributed by atoms with Crippen molar-refractivity contribution in [2.45, 2.75) is 25.7 Å². The monoisotopic (exact) mass is 169 g/mol. The van der Waals surface area contributed by atoms with E-state index in [1.54, 1.807) is 0 Å². The fourth-order valence-electron chi connectivity index (χ4n) is 2.48. The van der Waals surface area contributed by atoms with Gasteiger partial charge in [0.15, 0.2) is 0 Å². The van der Waals surface area contributed by atoms with E-state index >= 15 is 0 Å². The second-order valence-corrected chi connectivity index (χ2v) is 4.12. The summed E-state index contributed by atoms with van der Waals surface area (Å²) in [7, 11) is 0. The van der Waals surface area contributed by atoms with E-state index in [0.717, 1.165) is 25.9 Å². The SMILES string of the molecule is NC(=O)C12CCCC(COC1)C2. The molecular formula is C9H15NO2. The van der Waals surface area contributed by atoms with Crippen LogP contribution in [0.25, 0.3) is 0 Å². The molecule has 1 aliphatic heterocycles. The summed E-state index contributed by atoms with van der Waals surface area (Å²) >= 11 is 0. The van der Waals surface area contributed by atoms with Crippen LogP contribution >= 0.6 is 0 Å². The van der Waals surface area contributed by atoms with Crippen LogP contribution < -0.4 is 5.73 Å². The molecule has 3 heteroatoms. The molecule has 1 amide bonds. The van der Waals surface area contributed by atoms with Crippen molar-refractivity contribution in [3.05, 3.63) is 0 Å². The minimum absolute atomic E-state index is 0.160. The summed E-state index contributed by atoms with van der Waals surface area (Å²) in [6, 6.07) is 0. The van der Waals surface area contributed by atoms with Crippen molar-refractivity contribution in [1.29, 1.82) is 0 Å². The highest BCUT2D eigenvalue weighted by Gasteiger charge is 2.44. The Morgan fingerprint density at radius 1 is 1.58 bits per heavy atom. The van der Waals surface area contributed by atoms with E-state index in [4.69, 9.17) is 10.5 Å². The summed E-state index contributed by atoms with van der Waals surface area (Å²) in [5.41, 5.74) is 5.09. The molecule has 2 aliphatic rings. The number of amides is 1. The zero-order chi connectivity index (χ0) is 8.60. The summed E-state index contributed by atoms with van der Waals surface area (Å²) in [5.74, 6) is 0.423. The van der Waals surface area contributed by atoms with Gasteiger partial charge in [0.2, 0.25) is 5.91 Å². The lowest BCUT2D eigenvalue weighted by Gasteiger charge is -2.42. The second kappa shape index (κ2) is 2.73. The molecule has 1 saturated carbocycles. The Kier molecular flexibility index (Phi) is 1.83. The Hall–Kier alpha value is -0.570. The third kappa shape index (κ3) is 1.12. The van der Waals surface area contributed by atoms with E-state index in [1.807, 2.05) is 0 Å². The standard InChI is InChI=1S/C9H15NO2/c10-8(11)9-3-1-2-7(4-9)5-12-6-9/h7H,1-6H2,(H2,10,11). The summed E-state index contributed by atoms with van der Waals surface area (Å²) in [6.07, 6.45) is 4.23. The predicted molar refractivity (Wildman–Crippen MR) is 44.4 cm³/mol. The first-order valence-electron chi connectivity index (χ1n) is 4.61. The lowest BCUT2D eigenvalue weighted by molar-refractivity contribution is -0.143. The zero-order valence-electron chi connectivity index (χ0n) is 7.21. The van der Waals surface area contributed by atoms with E-state index in [2.05, 4.69) is 0 Å². The molecule has 2 N–H and O–H groups in total. The Morgan fingerprint density at radius 2 is 2.42 bits per heavy atom. The van der Waals surface area contributed by atoms with Crippen molar-refractivity contribution >= 4 is 5.91 Å². The van der Waals surface area contributed by atoms with Crippen molar-refractivity contribution in [1.82, 2.24) is 0 Å². The van der Waals surface area contributed by atoms with Gasteiger partial charge in [0.25, 0.3) is 0 Å². The van der Waals surface area contributed by atoms with Crippen molar-refractivity contribution < 1.29 is 9.53 Å². The number of carbonyl (C=O) groups is 1. The Bertz CT molecular complexity index is 193. The van der Waals surface area contributed by atoms with Crippen LogP contribution in [-0.4, -0.2) is 19.1 Å². The molecule has 0 aromatic rings. The number of rotatable bonds is 1. The molecule has 2 unspecified atom stereocenters. The molecule has 2 atom stereocenters. The highest BCUT2D eigenvalue weighted by molar-refractivity contribution is 5.81. The zero-order valence-corrected chi connectivity index (χ0v) is 7.21. The molecule has 1 aliphatic carbocycles. The molecule has 2 rings (SSSR count). The van der Waals surface area contributed by atoms with E-state index in [0.29, 0.717) is 12.5 Å². The summed E-state index contributed by atoms with van der Waals surface area (Å²) in [4.78, 5) is 11.2. The van der Waals surface area contributed by atoms with Crippen LogP contribution in [0.4, 0.5) is 0 Å². The fourth-order valence-corrected chi connectivity index (χ4v) is 2.48. The van der Waals surface area contributed by atoms with Crippen LogP contribution in [0.3, 0.4) is 0 Å². The minimum Gasteiger partial charge on any atom is -0.380 e. The highest BCUT2D eigenvalue weighted by Crippen LogP contribution is 2.42. The molecule has 0 radical (unpaired) electrons. The number of hydrogen-bond acceptors (Lipinski definition) is 2. The molecule has 1 saturated heterocycles. The normalized spacial score (nSPS) is 40.8. The van der Waals surface area contributed by atoms with Crippen LogP contribution in [-0.2, 0) is 9.53 Å². The van der Waals surface area contributed by atoms with E-state index in [-0.39, 0.29) is 11.3 Å². The quantitative estimate of drug-likeness (QED) is 0.627. The summed E-state index contributed by atoms with van der Waals surface area (Å²) in [6.45, 7) is 1.38.